The molecule has 6 aromatic rings. The summed E-state index contributed by atoms with van der Waals surface area (Å²) in [5, 5.41) is 14.2. The van der Waals surface area contributed by atoms with Crippen molar-refractivity contribution in [3.8, 4) is 6.07 Å². The normalized spacial score (nSPS) is 10.9. The van der Waals surface area contributed by atoms with Crippen LogP contribution in [-0.4, -0.2) is 9.38 Å². The molecule has 2 heterocycles. The Morgan fingerprint density at radius 2 is 1.42 bits per heavy atom. The third-order valence-corrected chi connectivity index (χ3v) is 6.02. The van der Waals surface area contributed by atoms with Crippen LogP contribution in [0.2, 0.25) is 0 Å². The molecule has 0 radical (unpaired) electrons. The Hall–Kier alpha value is -5.43. The van der Waals surface area contributed by atoms with E-state index in [1.165, 1.54) is 0 Å². The van der Waals surface area contributed by atoms with E-state index in [1.54, 1.807) is 0 Å². The van der Waals surface area contributed by atoms with Crippen molar-refractivity contribution < 1.29 is 0 Å². The zero-order valence-corrected chi connectivity index (χ0v) is 17.0. The molecule has 148 valence electrons. The molecule has 4 aromatic carbocycles. The first-order chi connectivity index (χ1) is 16.2. The molecule has 0 saturated heterocycles. The van der Waals surface area contributed by atoms with E-state index in [4.69, 9.17) is 24.7 Å². The fraction of sp³-hybridized carbons (Fsp3) is 0. The lowest BCUT2D eigenvalue weighted by atomic mass is 9.96. The SMILES string of the molecule is [C-]#[N+]c1c([N+]#[C-])c(C#N)c2c(c1[N+]#[C-])c1cc3ccccc3cc1c1nc3ccccc3n12. The van der Waals surface area contributed by atoms with Crippen LogP contribution in [-0.2, 0) is 0 Å². The van der Waals surface area contributed by atoms with Crippen molar-refractivity contribution in [2.75, 3.05) is 0 Å². The van der Waals surface area contributed by atoms with Crippen LogP contribution in [0.25, 0.3) is 63.7 Å². The highest BCUT2D eigenvalue weighted by Crippen LogP contribution is 2.50. The van der Waals surface area contributed by atoms with E-state index in [1.807, 2.05) is 65.1 Å². The van der Waals surface area contributed by atoms with Crippen molar-refractivity contribution in [1.29, 1.82) is 5.26 Å². The minimum Gasteiger partial charge on any atom is -0.293 e. The van der Waals surface area contributed by atoms with Crippen LogP contribution in [0.3, 0.4) is 0 Å². The van der Waals surface area contributed by atoms with Crippen LogP contribution in [0.4, 0.5) is 17.1 Å². The molecular formula is C27H10N6. The van der Waals surface area contributed by atoms with Gasteiger partial charge < -0.3 is 0 Å². The molecule has 0 aliphatic carbocycles. The van der Waals surface area contributed by atoms with Crippen LogP contribution in [0, 0.1) is 31.0 Å². The largest absolute Gasteiger partial charge is 0.293 e. The molecule has 0 N–H and O–H groups in total. The number of fused-ring (bicyclic) bond motifs is 9. The Morgan fingerprint density at radius 1 is 0.788 bits per heavy atom. The van der Waals surface area contributed by atoms with Crippen LogP contribution >= 0.6 is 0 Å². The summed E-state index contributed by atoms with van der Waals surface area (Å²) in [7, 11) is 0. The molecule has 2 aromatic heterocycles. The summed E-state index contributed by atoms with van der Waals surface area (Å²) in [6, 6.07) is 21.7. The van der Waals surface area contributed by atoms with E-state index in [0.29, 0.717) is 16.6 Å². The van der Waals surface area contributed by atoms with Gasteiger partial charge in [-0.15, -0.1) is 0 Å². The molecule has 0 unspecified atom stereocenters. The molecule has 33 heavy (non-hydrogen) atoms. The van der Waals surface area contributed by atoms with Gasteiger partial charge in [-0.1, -0.05) is 36.4 Å². The molecule has 0 amide bonds. The minimum absolute atomic E-state index is 0.0812. The van der Waals surface area contributed by atoms with Crippen LogP contribution in [0.1, 0.15) is 5.56 Å². The van der Waals surface area contributed by atoms with Gasteiger partial charge in [0.25, 0.3) is 0 Å². The highest BCUT2D eigenvalue weighted by molar-refractivity contribution is 6.25. The number of hydrogen-bond acceptors (Lipinski definition) is 2. The zero-order chi connectivity index (χ0) is 22.7. The standard InChI is InChI=1S/C27H10N6/c1-29-23-19(14-28)26-22(24(30-2)25(23)31-3)17-12-15-8-4-5-9-16(15)13-18(17)27-32-20-10-6-7-11-21(20)33(26)27/h4-13H. The number of hydrogen-bond donors (Lipinski definition) is 0. The minimum atomic E-state index is -0.0924. The highest BCUT2D eigenvalue weighted by atomic mass is 15.0. The van der Waals surface area contributed by atoms with Crippen molar-refractivity contribution in [2.24, 2.45) is 0 Å². The Bertz CT molecular complexity index is 2020. The zero-order valence-electron chi connectivity index (χ0n) is 17.0. The number of aromatic nitrogens is 2. The van der Waals surface area contributed by atoms with Gasteiger partial charge in [0.1, 0.15) is 5.65 Å². The summed E-state index contributed by atoms with van der Waals surface area (Å²) in [5.74, 6) is 0. The van der Waals surface area contributed by atoms with Gasteiger partial charge in [0.15, 0.2) is 5.69 Å². The molecule has 0 atom stereocenters. The first-order valence-corrected chi connectivity index (χ1v) is 9.99. The van der Waals surface area contributed by atoms with Crippen LogP contribution < -0.4 is 0 Å². The quantitative estimate of drug-likeness (QED) is 0.146. The fourth-order valence-electron chi connectivity index (χ4n) is 4.67. The number of rotatable bonds is 0. The first-order valence-electron chi connectivity index (χ1n) is 9.99. The number of pyridine rings is 1. The van der Waals surface area contributed by atoms with Crippen molar-refractivity contribution in [3.05, 3.63) is 100 Å². The maximum atomic E-state index is 10.1. The van der Waals surface area contributed by atoms with Gasteiger partial charge in [-0.05, 0) is 45.8 Å². The Balaban J connectivity index is 2.11. The summed E-state index contributed by atoms with van der Waals surface area (Å²) in [5.41, 5.74) is 2.59. The van der Waals surface area contributed by atoms with E-state index in [-0.39, 0.29) is 22.6 Å². The van der Waals surface area contributed by atoms with Gasteiger partial charge in [-0.25, -0.2) is 4.98 Å². The van der Waals surface area contributed by atoms with E-state index >= 15 is 0 Å². The van der Waals surface area contributed by atoms with Gasteiger partial charge in [0.05, 0.1) is 42.4 Å². The van der Waals surface area contributed by atoms with Gasteiger partial charge >= 0.3 is 0 Å². The number of nitrogens with zero attached hydrogens (tertiary/aromatic N) is 6. The molecule has 6 rings (SSSR count). The molecular weight excluding hydrogens is 408 g/mol. The van der Waals surface area contributed by atoms with Crippen molar-refractivity contribution in [3.63, 3.8) is 0 Å². The summed E-state index contributed by atoms with van der Waals surface area (Å²) < 4.78 is 1.86. The van der Waals surface area contributed by atoms with Gasteiger partial charge in [0, 0.05) is 10.9 Å². The molecule has 6 heteroatoms. The number of para-hydroxylation sites is 2. The molecule has 0 bridgehead atoms. The monoisotopic (exact) mass is 418 g/mol. The molecule has 0 spiro atoms. The van der Waals surface area contributed by atoms with E-state index in [0.717, 1.165) is 32.6 Å². The topological polar surface area (TPSA) is 54.2 Å². The summed E-state index contributed by atoms with van der Waals surface area (Å²) >= 11 is 0. The average Bonchev–Trinajstić information content (AvgIpc) is 3.25. The van der Waals surface area contributed by atoms with E-state index < -0.39 is 0 Å². The second-order valence-corrected chi connectivity index (χ2v) is 7.60. The fourth-order valence-corrected chi connectivity index (χ4v) is 4.67. The van der Waals surface area contributed by atoms with Gasteiger partial charge in [-0.3, -0.25) is 18.9 Å². The maximum Gasteiger partial charge on any atom is 0.203 e. The lowest BCUT2D eigenvalue weighted by Gasteiger charge is -2.15. The first kappa shape index (κ1) is 18.3. The average molecular weight is 418 g/mol. The number of benzene rings is 4. The van der Waals surface area contributed by atoms with Gasteiger partial charge in [-0.2, -0.15) is 5.26 Å². The summed E-state index contributed by atoms with van der Waals surface area (Å²) in [6.07, 6.45) is 0. The Morgan fingerprint density at radius 3 is 2.09 bits per heavy atom. The highest BCUT2D eigenvalue weighted by Gasteiger charge is 2.26. The molecule has 0 saturated carbocycles. The third kappa shape index (κ3) is 2.24. The maximum absolute atomic E-state index is 10.1. The predicted octanol–water partition coefficient (Wildman–Crippen LogP) is 7.47. The molecule has 0 aliphatic rings. The van der Waals surface area contributed by atoms with Crippen LogP contribution in [0.5, 0.6) is 0 Å². The Kier molecular flexibility index (Phi) is 3.63. The number of imidazole rings is 1. The van der Waals surface area contributed by atoms with Crippen molar-refractivity contribution in [2.45, 2.75) is 0 Å². The molecule has 0 aliphatic heterocycles. The Labute approximate surface area is 187 Å². The molecule has 6 nitrogen and oxygen atoms in total. The third-order valence-electron chi connectivity index (χ3n) is 6.02. The van der Waals surface area contributed by atoms with E-state index in [2.05, 4.69) is 20.6 Å². The van der Waals surface area contributed by atoms with E-state index in [9.17, 15) is 5.26 Å². The second-order valence-electron chi connectivity index (χ2n) is 7.60. The lowest BCUT2D eigenvalue weighted by Crippen LogP contribution is -1.96. The van der Waals surface area contributed by atoms with Crippen molar-refractivity contribution >= 4 is 66.2 Å². The molecule has 0 fully saturated rings. The van der Waals surface area contributed by atoms with Gasteiger partial charge in [0.2, 0.25) is 11.4 Å². The smallest absolute Gasteiger partial charge is 0.203 e. The van der Waals surface area contributed by atoms with Crippen LogP contribution in [0.15, 0.2) is 60.7 Å². The predicted molar refractivity (Wildman–Crippen MR) is 129 cm³/mol. The second kappa shape index (κ2) is 6.53. The van der Waals surface area contributed by atoms with Crippen molar-refractivity contribution in [1.82, 2.24) is 9.38 Å². The summed E-state index contributed by atoms with van der Waals surface area (Å²) in [6.45, 7) is 23.3. The lowest BCUT2D eigenvalue weighted by molar-refractivity contribution is 1.31. The summed E-state index contributed by atoms with van der Waals surface area (Å²) in [4.78, 5) is 15.6. The number of nitriles is 1.